The van der Waals surface area contributed by atoms with Crippen LogP contribution in [0, 0.1) is 0 Å². The highest BCUT2D eigenvalue weighted by Gasteiger charge is 2.14. The molecule has 1 heterocycles. The average molecular weight is 303 g/mol. The Morgan fingerprint density at radius 1 is 1.53 bits per heavy atom. The van der Waals surface area contributed by atoms with Crippen molar-refractivity contribution >= 4 is 21.8 Å². The summed E-state index contributed by atoms with van der Waals surface area (Å²) in [6, 6.07) is 0. The van der Waals surface area contributed by atoms with Gasteiger partial charge in [-0.1, -0.05) is 13.8 Å². The molecule has 0 aliphatic rings. The van der Waals surface area contributed by atoms with Crippen LogP contribution in [0.1, 0.15) is 24.3 Å². The van der Waals surface area contributed by atoms with Crippen LogP contribution in [0.2, 0.25) is 0 Å². The van der Waals surface area contributed by atoms with E-state index in [9.17, 15) is 4.79 Å². The maximum absolute atomic E-state index is 11.9. The summed E-state index contributed by atoms with van der Waals surface area (Å²) < 4.78 is 2.29. The van der Waals surface area contributed by atoms with Gasteiger partial charge < -0.3 is 10.2 Å². The predicted molar refractivity (Wildman–Crippen MR) is 71.0 cm³/mol. The lowest BCUT2D eigenvalue weighted by Gasteiger charge is -2.17. The number of amides is 1. The van der Waals surface area contributed by atoms with E-state index in [1.807, 2.05) is 0 Å². The largest absolute Gasteiger partial charge is 0.349 e. The predicted octanol–water partition coefficient (Wildman–Crippen LogP) is 1.25. The molecule has 0 saturated carbocycles. The van der Waals surface area contributed by atoms with E-state index in [0.29, 0.717) is 12.2 Å². The number of carbonyl (C=O) groups is 1. The molecule has 6 heteroatoms. The van der Waals surface area contributed by atoms with E-state index >= 15 is 0 Å². The molecule has 0 atom stereocenters. The van der Waals surface area contributed by atoms with Crippen LogP contribution in [0.4, 0.5) is 0 Å². The number of carbonyl (C=O) groups excluding carboxylic acids is 1. The molecule has 1 N–H and O–H groups in total. The number of likely N-dealkylation sites (N-methyl/N-ethyl adjacent to an activating group) is 1. The van der Waals surface area contributed by atoms with E-state index in [0.717, 1.165) is 24.1 Å². The number of halogens is 1. The molecule has 0 bridgehead atoms. The SMILES string of the molecule is CCN(CC)CCNC(=O)c1c(Br)cnn1C. The van der Waals surface area contributed by atoms with Crippen LogP contribution in [0.3, 0.4) is 0 Å². The molecule has 0 aliphatic heterocycles. The quantitative estimate of drug-likeness (QED) is 0.860. The van der Waals surface area contributed by atoms with E-state index in [4.69, 9.17) is 0 Å². The Morgan fingerprint density at radius 3 is 2.65 bits per heavy atom. The summed E-state index contributed by atoms with van der Waals surface area (Å²) in [6.07, 6.45) is 1.62. The van der Waals surface area contributed by atoms with Gasteiger partial charge in [-0.3, -0.25) is 9.48 Å². The molecule has 17 heavy (non-hydrogen) atoms. The van der Waals surface area contributed by atoms with Crippen LogP contribution in [0.5, 0.6) is 0 Å². The van der Waals surface area contributed by atoms with Gasteiger partial charge in [0.25, 0.3) is 5.91 Å². The zero-order valence-corrected chi connectivity index (χ0v) is 12.1. The van der Waals surface area contributed by atoms with Crippen molar-refractivity contribution in [3.8, 4) is 0 Å². The fourth-order valence-electron chi connectivity index (χ4n) is 1.62. The van der Waals surface area contributed by atoms with Crippen LogP contribution >= 0.6 is 15.9 Å². The molecule has 0 radical (unpaired) electrons. The first-order chi connectivity index (χ1) is 8.10. The first-order valence-electron chi connectivity index (χ1n) is 5.78. The van der Waals surface area contributed by atoms with E-state index in [1.54, 1.807) is 17.9 Å². The van der Waals surface area contributed by atoms with Crippen molar-refractivity contribution in [2.45, 2.75) is 13.8 Å². The Hall–Kier alpha value is -0.880. The fourth-order valence-corrected chi connectivity index (χ4v) is 2.15. The third kappa shape index (κ3) is 3.81. The van der Waals surface area contributed by atoms with Gasteiger partial charge in [0.2, 0.25) is 0 Å². The van der Waals surface area contributed by atoms with Crippen molar-refractivity contribution in [3.05, 3.63) is 16.4 Å². The van der Waals surface area contributed by atoms with Gasteiger partial charge in [-0.15, -0.1) is 0 Å². The van der Waals surface area contributed by atoms with E-state index in [1.165, 1.54) is 0 Å². The standard InChI is InChI=1S/C11H19BrN4O/c1-4-16(5-2)7-6-13-11(17)10-9(12)8-14-15(10)3/h8H,4-7H2,1-3H3,(H,13,17). The summed E-state index contributed by atoms with van der Waals surface area (Å²) >= 11 is 3.31. The van der Waals surface area contributed by atoms with Crippen molar-refractivity contribution in [1.29, 1.82) is 0 Å². The van der Waals surface area contributed by atoms with E-state index in [2.05, 4.69) is 45.1 Å². The number of aryl methyl sites for hydroxylation is 1. The summed E-state index contributed by atoms with van der Waals surface area (Å²) in [5.41, 5.74) is 0.560. The molecule has 5 nitrogen and oxygen atoms in total. The summed E-state index contributed by atoms with van der Waals surface area (Å²) in [4.78, 5) is 14.1. The fraction of sp³-hybridized carbons (Fsp3) is 0.636. The Bertz CT molecular complexity index is 354. The van der Waals surface area contributed by atoms with Crippen LogP contribution in [0.25, 0.3) is 0 Å². The third-order valence-electron chi connectivity index (χ3n) is 2.72. The molecule has 1 amide bonds. The van der Waals surface area contributed by atoms with Gasteiger partial charge in [0, 0.05) is 20.1 Å². The van der Waals surface area contributed by atoms with Crippen molar-refractivity contribution < 1.29 is 4.79 Å². The second-order valence-electron chi connectivity index (χ2n) is 3.75. The van der Waals surface area contributed by atoms with Gasteiger partial charge in [0.05, 0.1) is 10.7 Å². The molecular weight excluding hydrogens is 284 g/mol. The van der Waals surface area contributed by atoms with Crippen LogP contribution in [-0.2, 0) is 7.05 Å². The van der Waals surface area contributed by atoms with Crippen molar-refractivity contribution in [3.63, 3.8) is 0 Å². The maximum Gasteiger partial charge on any atom is 0.270 e. The van der Waals surface area contributed by atoms with Gasteiger partial charge in [0.1, 0.15) is 5.69 Å². The van der Waals surface area contributed by atoms with Gasteiger partial charge in [-0.05, 0) is 29.0 Å². The molecule has 0 fully saturated rings. The molecule has 0 aliphatic carbocycles. The van der Waals surface area contributed by atoms with E-state index in [-0.39, 0.29) is 5.91 Å². The zero-order chi connectivity index (χ0) is 12.8. The Balaban J connectivity index is 2.45. The number of hydrogen-bond donors (Lipinski definition) is 1. The Morgan fingerprint density at radius 2 is 2.18 bits per heavy atom. The maximum atomic E-state index is 11.9. The third-order valence-corrected chi connectivity index (χ3v) is 3.30. The highest BCUT2D eigenvalue weighted by molar-refractivity contribution is 9.10. The summed E-state index contributed by atoms with van der Waals surface area (Å²) in [6.45, 7) is 7.75. The minimum absolute atomic E-state index is 0.0935. The number of aromatic nitrogens is 2. The second-order valence-corrected chi connectivity index (χ2v) is 4.60. The minimum Gasteiger partial charge on any atom is -0.349 e. The molecule has 0 aromatic carbocycles. The molecule has 1 aromatic heterocycles. The smallest absolute Gasteiger partial charge is 0.270 e. The van der Waals surface area contributed by atoms with Crippen molar-refractivity contribution in [2.75, 3.05) is 26.2 Å². The summed E-state index contributed by atoms with van der Waals surface area (Å²) in [7, 11) is 1.75. The number of nitrogens with one attached hydrogen (secondary N) is 1. The lowest BCUT2D eigenvalue weighted by atomic mass is 10.4. The van der Waals surface area contributed by atoms with Crippen LogP contribution in [-0.4, -0.2) is 46.8 Å². The van der Waals surface area contributed by atoms with E-state index < -0.39 is 0 Å². The zero-order valence-electron chi connectivity index (χ0n) is 10.5. The lowest BCUT2D eigenvalue weighted by molar-refractivity contribution is 0.0938. The highest BCUT2D eigenvalue weighted by atomic mass is 79.9. The molecule has 0 unspecified atom stereocenters. The van der Waals surface area contributed by atoms with Crippen molar-refractivity contribution in [2.24, 2.45) is 7.05 Å². The van der Waals surface area contributed by atoms with Gasteiger partial charge in [-0.25, -0.2) is 0 Å². The molecular formula is C11H19BrN4O. The Labute approximate surface area is 110 Å². The number of hydrogen-bond acceptors (Lipinski definition) is 3. The van der Waals surface area contributed by atoms with Crippen LogP contribution in [0.15, 0.2) is 10.7 Å². The monoisotopic (exact) mass is 302 g/mol. The second kappa shape index (κ2) is 6.76. The average Bonchev–Trinajstić information content (AvgIpc) is 2.64. The van der Waals surface area contributed by atoms with Gasteiger partial charge in [-0.2, -0.15) is 5.10 Å². The van der Waals surface area contributed by atoms with Gasteiger partial charge in [0.15, 0.2) is 0 Å². The normalized spacial score (nSPS) is 10.9. The molecule has 1 aromatic rings. The van der Waals surface area contributed by atoms with Crippen LogP contribution < -0.4 is 5.32 Å². The Kier molecular flexibility index (Phi) is 5.64. The molecule has 0 spiro atoms. The van der Waals surface area contributed by atoms with Gasteiger partial charge >= 0.3 is 0 Å². The summed E-state index contributed by atoms with van der Waals surface area (Å²) in [5.74, 6) is -0.0935. The molecule has 96 valence electrons. The minimum atomic E-state index is -0.0935. The first kappa shape index (κ1) is 14.2. The number of rotatable bonds is 6. The summed E-state index contributed by atoms with van der Waals surface area (Å²) in [5, 5.41) is 6.91. The molecule has 0 saturated heterocycles. The topological polar surface area (TPSA) is 50.2 Å². The highest BCUT2D eigenvalue weighted by Crippen LogP contribution is 2.14. The van der Waals surface area contributed by atoms with Crippen molar-refractivity contribution in [1.82, 2.24) is 20.0 Å². The number of nitrogens with zero attached hydrogens (tertiary/aromatic N) is 3. The first-order valence-corrected chi connectivity index (χ1v) is 6.57. The lowest BCUT2D eigenvalue weighted by Crippen LogP contribution is -2.35. The molecule has 1 rings (SSSR count).